The maximum atomic E-state index is 13.4. The number of carbonyl (C=O) groups excluding carboxylic acids is 1. The Bertz CT molecular complexity index is 1430. The zero-order valence-corrected chi connectivity index (χ0v) is 17.5. The Morgan fingerprint density at radius 1 is 1.40 bits per heavy atom. The average molecular weight is 436 g/mol. The minimum atomic E-state index is -4.49. The molecule has 0 aliphatic carbocycles. The molecule has 3 rings (SSSR count). The molecule has 6 heteroatoms. The summed E-state index contributed by atoms with van der Waals surface area (Å²) in [5.74, 6) is -11.1. The van der Waals surface area contributed by atoms with E-state index in [1.807, 2.05) is 0 Å². The zero-order valence-electron chi connectivity index (χ0n) is 34.5. The van der Waals surface area contributed by atoms with Gasteiger partial charge >= 0.3 is 5.97 Å². The molecule has 2 aliphatic heterocycles. The molecule has 5 atom stereocenters. The van der Waals surface area contributed by atoms with E-state index >= 15 is 0 Å². The highest BCUT2D eigenvalue weighted by Gasteiger charge is 2.41. The first-order valence-corrected chi connectivity index (χ1v) is 9.27. The van der Waals surface area contributed by atoms with Gasteiger partial charge in [0.15, 0.2) is 11.5 Å². The Hall–Kier alpha value is -1.79. The van der Waals surface area contributed by atoms with E-state index in [0.29, 0.717) is 6.92 Å². The number of fused-ring (bicyclic) bond motifs is 3. The molecule has 0 spiro atoms. The molecule has 0 amide bonds. The summed E-state index contributed by atoms with van der Waals surface area (Å²) in [6.07, 6.45) is -16.2. The predicted molar refractivity (Wildman–Crippen MR) is 118 cm³/mol. The first-order valence-electron chi connectivity index (χ1n) is 17.8. The first kappa shape index (κ1) is 9.37. The number of esters is 1. The zero-order chi connectivity index (χ0) is 37.2. The van der Waals surface area contributed by atoms with Crippen LogP contribution >= 0.6 is 0 Å². The van der Waals surface area contributed by atoms with Crippen LogP contribution in [0.1, 0.15) is 80.8 Å². The maximum absolute atomic E-state index is 13.4. The van der Waals surface area contributed by atoms with Crippen LogP contribution in [0.5, 0.6) is 11.5 Å². The molecule has 1 saturated heterocycles. The third-order valence-corrected chi connectivity index (χ3v) is 4.49. The second-order valence-corrected chi connectivity index (χ2v) is 7.06. The van der Waals surface area contributed by atoms with Gasteiger partial charge in [-0.25, -0.2) is 0 Å². The van der Waals surface area contributed by atoms with Crippen LogP contribution in [0, 0.1) is 17.7 Å². The summed E-state index contributed by atoms with van der Waals surface area (Å²) in [5.41, 5.74) is 4.22. The lowest BCUT2D eigenvalue weighted by atomic mass is 9.79. The van der Waals surface area contributed by atoms with Crippen LogP contribution < -0.4 is 15.2 Å². The Morgan fingerprint density at radius 2 is 2.10 bits per heavy atom. The Kier molecular flexibility index (Phi) is 2.99. The van der Waals surface area contributed by atoms with E-state index in [1.54, 1.807) is 0 Å². The van der Waals surface area contributed by atoms with Crippen molar-refractivity contribution in [3.05, 3.63) is 23.3 Å². The van der Waals surface area contributed by atoms with Gasteiger partial charge in [-0.15, -0.1) is 0 Å². The van der Waals surface area contributed by atoms with Crippen molar-refractivity contribution < 1.29 is 42.3 Å². The van der Waals surface area contributed by atoms with Crippen molar-refractivity contribution in [1.29, 1.82) is 0 Å². The van der Waals surface area contributed by atoms with Crippen LogP contribution in [-0.2, 0) is 15.9 Å². The molecule has 0 radical (unpaired) electrons. The van der Waals surface area contributed by atoms with Gasteiger partial charge in [0.1, 0.15) is 12.1 Å². The number of aryl methyl sites for hydroxylation is 1. The molecule has 2 N–H and O–H groups in total. The van der Waals surface area contributed by atoms with Gasteiger partial charge in [0.05, 0.1) is 17.0 Å². The highest BCUT2D eigenvalue weighted by atomic mass is 16.5. The van der Waals surface area contributed by atoms with Crippen molar-refractivity contribution in [3.63, 3.8) is 0 Å². The van der Waals surface area contributed by atoms with Crippen molar-refractivity contribution in [2.75, 3.05) is 27.2 Å². The number of rotatable bonds is 7. The summed E-state index contributed by atoms with van der Waals surface area (Å²) in [4.78, 5) is 13.0. The molecule has 0 saturated carbocycles. The van der Waals surface area contributed by atoms with Crippen LogP contribution in [0.25, 0.3) is 0 Å². The van der Waals surface area contributed by atoms with Crippen LogP contribution in [0.4, 0.5) is 0 Å². The van der Waals surface area contributed by atoms with E-state index in [2.05, 4.69) is 0 Å². The largest absolute Gasteiger partial charge is 0.493 e. The van der Waals surface area contributed by atoms with E-state index in [-0.39, 0.29) is 11.5 Å². The molecule has 168 valence electrons. The molecule has 6 nitrogen and oxygen atoms in total. The fraction of sp³-hybridized carbons (Fsp3) is 0.708. The third kappa shape index (κ3) is 4.75. The number of methoxy groups -OCH3 is 2. The highest BCUT2D eigenvalue weighted by Crippen LogP contribution is 2.44. The summed E-state index contributed by atoms with van der Waals surface area (Å²) < 4.78 is 166. The van der Waals surface area contributed by atoms with E-state index in [1.165, 1.54) is 13.8 Å². The molecule has 2 heterocycles. The van der Waals surface area contributed by atoms with Crippen LogP contribution in [0.15, 0.2) is 12.1 Å². The van der Waals surface area contributed by atoms with E-state index in [0.717, 1.165) is 26.4 Å². The SMILES string of the molecule is [2H]C([2H])([2H])C([2H])(C)C([2H])([2H])C1([2H])C([2H])([2H])N2C([2H])([2H])C([2H])([2H])c3cc(OC)c(OC)cc3C2([2H])C([2H])([2H])C1([2H])OC(=O)[C@@H](N)C(C)C. The third-order valence-electron chi connectivity index (χ3n) is 4.49. The second kappa shape index (κ2) is 9.56. The lowest BCUT2D eigenvalue weighted by Gasteiger charge is -2.47. The average Bonchev–Trinajstić information content (AvgIpc) is 2.92. The molecule has 0 bridgehead atoms. The fourth-order valence-corrected chi connectivity index (χ4v) is 2.80. The standard InChI is InChI=1S/C24H38N2O4/c1-14(2)9-17-13-26-8-7-16-10-21(28-5)22(29-6)11-18(16)19(26)12-20(17)30-24(27)23(25)15(3)4/h10-11,14-15,17,19-20,23H,7-9,12-13,25H2,1-6H3/t17?,19?,20?,23-/m0/s1/i1D3,7D2,8D2,9D2,12D2,13D2,14D,17D,19D,20D/t14?,17?,19?,20?,23-. The van der Waals surface area contributed by atoms with Crippen molar-refractivity contribution >= 4 is 5.97 Å². The number of piperidine rings is 1. The number of ether oxygens (including phenoxy) is 3. The minimum absolute atomic E-state index is 0.220. The molecular weight excluding hydrogens is 380 g/mol. The van der Waals surface area contributed by atoms with E-state index < -0.39 is 96.8 Å². The topological polar surface area (TPSA) is 74.0 Å². The van der Waals surface area contributed by atoms with E-state index in [4.69, 9.17) is 33.7 Å². The predicted octanol–water partition coefficient (Wildman–Crippen LogP) is 3.56. The number of nitrogens with zero attached hydrogens (tertiary/aromatic N) is 1. The van der Waals surface area contributed by atoms with Gasteiger partial charge in [-0.1, -0.05) is 27.6 Å². The van der Waals surface area contributed by atoms with Gasteiger partial charge in [0, 0.05) is 51.8 Å². The number of benzene rings is 1. The fourth-order valence-electron chi connectivity index (χ4n) is 2.80. The molecule has 0 aromatic heterocycles. The molecule has 4 unspecified atom stereocenters. The van der Waals surface area contributed by atoms with Gasteiger partial charge in [0.2, 0.25) is 0 Å². The molecule has 1 fully saturated rings. The van der Waals surface area contributed by atoms with Gasteiger partial charge < -0.3 is 19.9 Å². The van der Waals surface area contributed by atoms with Crippen molar-refractivity contribution in [1.82, 2.24) is 4.90 Å². The summed E-state index contributed by atoms with van der Waals surface area (Å²) in [6, 6.07) is -3.74. The van der Waals surface area contributed by atoms with Crippen LogP contribution in [-0.4, -0.2) is 50.2 Å². The Labute approximate surface area is 204 Å². The maximum Gasteiger partial charge on any atom is 0.323 e. The molecule has 2 aliphatic rings. The molecule has 30 heavy (non-hydrogen) atoms. The Balaban J connectivity index is 2.71. The summed E-state index contributed by atoms with van der Waals surface area (Å²) >= 11 is 0. The summed E-state index contributed by atoms with van der Waals surface area (Å²) in [6.45, 7) is -8.75. The summed E-state index contributed by atoms with van der Waals surface area (Å²) in [5, 5.41) is 0. The number of nitrogens with two attached hydrogens (primary N) is 1. The summed E-state index contributed by atoms with van der Waals surface area (Å²) in [7, 11) is 2.26. The van der Waals surface area contributed by atoms with Gasteiger partial charge in [-0.3, -0.25) is 9.69 Å². The smallest absolute Gasteiger partial charge is 0.323 e. The quantitative estimate of drug-likeness (QED) is 0.660. The second-order valence-electron chi connectivity index (χ2n) is 7.06. The first-order chi connectivity index (χ1) is 20.7. The number of hydrogen-bond donors (Lipinski definition) is 1. The van der Waals surface area contributed by atoms with Crippen LogP contribution in [0.3, 0.4) is 0 Å². The monoisotopic (exact) mass is 435 g/mol. The molecular formula is C24H38N2O4. The normalized spacial score (nSPS) is 50.2. The Morgan fingerprint density at radius 3 is 2.73 bits per heavy atom. The van der Waals surface area contributed by atoms with Crippen molar-refractivity contribution in [3.8, 4) is 11.5 Å². The number of hydrogen-bond acceptors (Lipinski definition) is 6. The van der Waals surface area contributed by atoms with Gasteiger partial charge in [0.25, 0.3) is 0 Å². The van der Waals surface area contributed by atoms with Gasteiger partial charge in [-0.2, -0.15) is 0 Å². The van der Waals surface area contributed by atoms with Crippen molar-refractivity contribution in [2.24, 2.45) is 23.4 Å². The highest BCUT2D eigenvalue weighted by molar-refractivity contribution is 5.76. The lowest BCUT2D eigenvalue weighted by molar-refractivity contribution is -0.160. The van der Waals surface area contributed by atoms with Gasteiger partial charge in [-0.05, 0) is 47.8 Å². The van der Waals surface area contributed by atoms with E-state index in [9.17, 15) is 14.4 Å². The van der Waals surface area contributed by atoms with Crippen LogP contribution in [0.2, 0.25) is 0 Å². The van der Waals surface area contributed by atoms with Crippen molar-refractivity contribution in [2.45, 2.75) is 64.9 Å². The number of carbonyl (C=O) groups is 1. The molecule has 1 aromatic carbocycles. The molecule has 1 aromatic rings. The lowest BCUT2D eigenvalue weighted by Crippen LogP contribution is -2.51. The minimum Gasteiger partial charge on any atom is -0.493 e.